The van der Waals surface area contributed by atoms with E-state index in [1.165, 1.54) is 13.3 Å². The van der Waals surface area contributed by atoms with Gasteiger partial charge in [-0.3, -0.25) is 9.59 Å². The van der Waals surface area contributed by atoms with Crippen LogP contribution in [0.4, 0.5) is 5.69 Å². The number of benzene rings is 2. The van der Waals surface area contributed by atoms with Gasteiger partial charge in [-0.1, -0.05) is 29.8 Å². The quantitative estimate of drug-likeness (QED) is 0.542. The maximum absolute atomic E-state index is 12.4. The largest absolute Gasteiger partial charge is 0.497 e. The van der Waals surface area contributed by atoms with E-state index in [-0.39, 0.29) is 12.8 Å². The smallest absolute Gasteiger partial charge is 0.249 e. The first kappa shape index (κ1) is 21.1. The molecule has 3 aromatic rings. The Balaban J connectivity index is 1.61. The lowest BCUT2D eigenvalue weighted by Crippen LogP contribution is -2.28. The molecule has 1 amide bonds. The number of ether oxygens (including phenoxy) is 1. The molecule has 0 fully saturated rings. The summed E-state index contributed by atoms with van der Waals surface area (Å²) in [4.78, 5) is 29.0. The highest BCUT2D eigenvalue weighted by atomic mass is 35.5. The molecule has 0 radical (unpaired) electrons. The number of aryl methyl sites for hydroxylation is 1. The third kappa shape index (κ3) is 5.04. The van der Waals surface area contributed by atoms with Crippen LogP contribution in [0, 0.1) is 17.2 Å². The summed E-state index contributed by atoms with van der Waals surface area (Å²) in [6.45, 7) is 0. The predicted molar refractivity (Wildman–Crippen MR) is 111 cm³/mol. The lowest BCUT2D eigenvalue weighted by atomic mass is 10.0. The van der Waals surface area contributed by atoms with E-state index in [0.29, 0.717) is 33.7 Å². The molecule has 0 aliphatic carbocycles. The number of rotatable bonds is 8. The molecule has 8 heteroatoms. The van der Waals surface area contributed by atoms with Gasteiger partial charge in [0.15, 0.2) is 23.4 Å². The molecular weight excluding hydrogens is 406 g/mol. The van der Waals surface area contributed by atoms with Crippen molar-refractivity contribution in [3.63, 3.8) is 0 Å². The van der Waals surface area contributed by atoms with Crippen LogP contribution in [0.3, 0.4) is 0 Å². The van der Waals surface area contributed by atoms with Gasteiger partial charge in [-0.25, -0.2) is 4.98 Å². The van der Waals surface area contributed by atoms with Crippen LogP contribution in [0.15, 0.2) is 59.1 Å². The fourth-order valence-electron chi connectivity index (χ4n) is 2.78. The van der Waals surface area contributed by atoms with Gasteiger partial charge in [-0.05, 0) is 24.3 Å². The third-order valence-corrected chi connectivity index (χ3v) is 4.66. The number of halogens is 1. The molecule has 2 aromatic carbocycles. The van der Waals surface area contributed by atoms with Crippen molar-refractivity contribution in [1.29, 1.82) is 5.26 Å². The number of carbonyl (C=O) groups is 2. The molecule has 1 aromatic heterocycles. The summed E-state index contributed by atoms with van der Waals surface area (Å²) in [5, 5.41) is 12.4. The Morgan fingerprint density at radius 3 is 2.80 bits per heavy atom. The Kier molecular flexibility index (Phi) is 6.83. The second-order valence-electron chi connectivity index (χ2n) is 6.35. The van der Waals surface area contributed by atoms with E-state index in [1.54, 1.807) is 48.5 Å². The lowest BCUT2D eigenvalue weighted by molar-refractivity contribution is -0.128. The van der Waals surface area contributed by atoms with E-state index in [2.05, 4.69) is 10.3 Å². The van der Waals surface area contributed by atoms with E-state index in [9.17, 15) is 14.9 Å². The Morgan fingerprint density at radius 2 is 2.07 bits per heavy atom. The minimum atomic E-state index is -1.44. The molecule has 1 N–H and O–H groups in total. The van der Waals surface area contributed by atoms with Gasteiger partial charge in [-0.15, -0.1) is 0 Å². The molecule has 0 aliphatic heterocycles. The van der Waals surface area contributed by atoms with Gasteiger partial charge >= 0.3 is 0 Å². The third-order valence-electron chi connectivity index (χ3n) is 4.33. The Hall–Kier alpha value is -3.63. The number of amides is 1. The number of oxazole rings is 1. The van der Waals surface area contributed by atoms with E-state index < -0.39 is 17.6 Å². The van der Waals surface area contributed by atoms with Crippen LogP contribution in [0.5, 0.6) is 5.75 Å². The van der Waals surface area contributed by atoms with Crippen molar-refractivity contribution in [2.45, 2.75) is 12.8 Å². The first-order valence-electron chi connectivity index (χ1n) is 9.08. The van der Waals surface area contributed by atoms with Gasteiger partial charge in [0.2, 0.25) is 5.91 Å². The zero-order chi connectivity index (χ0) is 21.5. The summed E-state index contributed by atoms with van der Waals surface area (Å²) in [6, 6.07) is 15.6. The highest BCUT2D eigenvalue weighted by Gasteiger charge is 2.26. The fourth-order valence-corrected chi connectivity index (χ4v) is 3.01. The Labute approximate surface area is 178 Å². The van der Waals surface area contributed by atoms with Crippen LogP contribution in [-0.2, 0) is 16.0 Å². The average molecular weight is 424 g/mol. The molecule has 1 atom stereocenters. The molecule has 0 bridgehead atoms. The maximum Gasteiger partial charge on any atom is 0.249 e. The van der Waals surface area contributed by atoms with Gasteiger partial charge in [-0.2, -0.15) is 5.26 Å². The minimum Gasteiger partial charge on any atom is -0.497 e. The van der Waals surface area contributed by atoms with Gasteiger partial charge < -0.3 is 14.5 Å². The number of hydrogen-bond acceptors (Lipinski definition) is 6. The second-order valence-corrected chi connectivity index (χ2v) is 6.75. The highest BCUT2D eigenvalue weighted by Crippen LogP contribution is 2.28. The normalized spacial score (nSPS) is 11.4. The van der Waals surface area contributed by atoms with Crippen LogP contribution >= 0.6 is 11.6 Å². The van der Waals surface area contributed by atoms with Crippen molar-refractivity contribution < 1.29 is 18.7 Å². The number of methoxy groups -OCH3 is 1. The second kappa shape index (κ2) is 9.72. The van der Waals surface area contributed by atoms with Crippen molar-refractivity contribution in [3.05, 3.63) is 65.6 Å². The van der Waals surface area contributed by atoms with Gasteiger partial charge in [0, 0.05) is 30.2 Å². The summed E-state index contributed by atoms with van der Waals surface area (Å²) in [6.07, 6.45) is 1.62. The first-order valence-corrected chi connectivity index (χ1v) is 9.46. The number of nitriles is 1. The SMILES string of the molecule is COc1cccc(NC(=O)C(C#N)C(=O)CCc2ncc(-c3ccccc3Cl)o2)c1. The zero-order valence-electron chi connectivity index (χ0n) is 16.1. The van der Waals surface area contributed by atoms with Crippen molar-refractivity contribution in [1.82, 2.24) is 4.98 Å². The molecule has 3 rings (SSSR count). The molecule has 0 saturated heterocycles. The Morgan fingerprint density at radius 1 is 1.27 bits per heavy atom. The molecular formula is C22H18ClN3O4. The lowest BCUT2D eigenvalue weighted by Gasteiger charge is -2.10. The summed E-state index contributed by atoms with van der Waals surface area (Å²) in [7, 11) is 1.50. The molecule has 1 unspecified atom stereocenters. The van der Waals surface area contributed by atoms with Crippen LogP contribution < -0.4 is 10.1 Å². The predicted octanol–water partition coefficient (Wildman–Crippen LogP) is 4.28. The first-order chi connectivity index (χ1) is 14.5. The fraction of sp³-hybridized carbons (Fsp3) is 0.182. The number of hydrogen-bond donors (Lipinski definition) is 1. The number of nitrogens with zero attached hydrogens (tertiary/aromatic N) is 2. The van der Waals surface area contributed by atoms with Crippen LogP contribution in [0.1, 0.15) is 12.3 Å². The highest BCUT2D eigenvalue weighted by molar-refractivity contribution is 6.33. The summed E-state index contributed by atoms with van der Waals surface area (Å²) >= 11 is 6.15. The van der Waals surface area contributed by atoms with Gasteiger partial charge in [0.1, 0.15) is 5.75 Å². The van der Waals surface area contributed by atoms with Crippen LogP contribution in [-0.4, -0.2) is 23.8 Å². The van der Waals surface area contributed by atoms with Crippen molar-refractivity contribution in [3.8, 4) is 23.1 Å². The van der Waals surface area contributed by atoms with Crippen LogP contribution in [0.2, 0.25) is 5.02 Å². The number of ketones is 1. The summed E-state index contributed by atoms with van der Waals surface area (Å²) < 4.78 is 10.7. The standard InChI is InChI=1S/C22H18ClN3O4/c1-29-15-6-4-5-14(11-15)26-22(28)17(12-24)19(27)9-10-21-25-13-20(30-21)16-7-2-3-8-18(16)23/h2-8,11,13,17H,9-10H2,1H3,(H,26,28). The number of carbonyl (C=O) groups excluding carboxylic acids is 2. The van der Waals surface area contributed by atoms with Gasteiger partial charge in [0.05, 0.1) is 24.4 Å². The molecule has 30 heavy (non-hydrogen) atoms. The number of aromatic nitrogens is 1. The zero-order valence-corrected chi connectivity index (χ0v) is 16.8. The molecule has 1 heterocycles. The molecule has 0 aliphatic rings. The average Bonchev–Trinajstić information content (AvgIpc) is 3.22. The van der Waals surface area contributed by atoms with E-state index in [1.807, 2.05) is 6.07 Å². The van der Waals surface area contributed by atoms with Crippen LogP contribution in [0.25, 0.3) is 11.3 Å². The van der Waals surface area contributed by atoms with E-state index >= 15 is 0 Å². The topological polar surface area (TPSA) is 105 Å². The van der Waals surface area contributed by atoms with Gasteiger partial charge in [0.25, 0.3) is 0 Å². The van der Waals surface area contributed by atoms with E-state index in [0.717, 1.165) is 0 Å². The summed E-state index contributed by atoms with van der Waals surface area (Å²) in [5.74, 6) is -1.30. The summed E-state index contributed by atoms with van der Waals surface area (Å²) in [5.41, 5.74) is 1.13. The monoisotopic (exact) mass is 423 g/mol. The van der Waals surface area contributed by atoms with Crippen molar-refractivity contribution in [2.75, 3.05) is 12.4 Å². The van der Waals surface area contributed by atoms with Crippen molar-refractivity contribution in [2.24, 2.45) is 5.92 Å². The van der Waals surface area contributed by atoms with Crippen molar-refractivity contribution >= 4 is 29.0 Å². The molecule has 0 saturated carbocycles. The van der Waals surface area contributed by atoms with E-state index in [4.69, 9.17) is 20.8 Å². The number of Topliss-reactive ketones (excluding diaryl/α,β-unsaturated/α-hetero) is 1. The molecule has 152 valence electrons. The Bertz CT molecular complexity index is 1100. The minimum absolute atomic E-state index is 0.0633. The number of anilines is 1. The molecule has 0 spiro atoms. The number of nitrogens with one attached hydrogen (secondary N) is 1. The maximum atomic E-state index is 12.4. The molecule has 7 nitrogen and oxygen atoms in total.